The maximum atomic E-state index is 10.9. The molecule has 0 amide bonds. The molecule has 0 saturated carbocycles. The third-order valence-electron chi connectivity index (χ3n) is 2.42. The van der Waals surface area contributed by atoms with Gasteiger partial charge in [-0.2, -0.15) is 0 Å². The zero-order valence-corrected chi connectivity index (χ0v) is 8.99. The third kappa shape index (κ3) is 2.94. The van der Waals surface area contributed by atoms with Gasteiger partial charge in [-0.05, 0) is 36.5 Å². The summed E-state index contributed by atoms with van der Waals surface area (Å²) in [5.41, 5.74) is 2.50. The standard InChI is InChI=1S/C13H16O2/c1-3-5-6-10-7-8-12(13(14)15)11(4-2)9-10/h3,7-9H,1,4-6H2,2H3,(H,14,15). The minimum atomic E-state index is -0.845. The molecule has 0 spiro atoms. The SMILES string of the molecule is C=CCCc1ccc(C(=O)O)c(CC)c1. The Morgan fingerprint density at radius 3 is 2.80 bits per heavy atom. The Labute approximate surface area is 90.3 Å². The van der Waals surface area contributed by atoms with E-state index in [1.165, 1.54) is 5.56 Å². The molecule has 0 saturated heterocycles. The molecule has 0 fully saturated rings. The van der Waals surface area contributed by atoms with E-state index in [-0.39, 0.29) is 0 Å². The van der Waals surface area contributed by atoms with Gasteiger partial charge in [-0.25, -0.2) is 4.79 Å². The van der Waals surface area contributed by atoms with Crippen LogP contribution in [0, 0.1) is 0 Å². The molecule has 80 valence electrons. The topological polar surface area (TPSA) is 37.3 Å². The largest absolute Gasteiger partial charge is 0.478 e. The van der Waals surface area contributed by atoms with Gasteiger partial charge in [-0.15, -0.1) is 6.58 Å². The van der Waals surface area contributed by atoms with Crippen LogP contribution in [0.2, 0.25) is 0 Å². The monoisotopic (exact) mass is 204 g/mol. The van der Waals surface area contributed by atoms with Crippen molar-refractivity contribution in [3.63, 3.8) is 0 Å². The zero-order chi connectivity index (χ0) is 11.3. The summed E-state index contributed by atoms with van der Waals surface area (Å²) >= 11 is 0. The molecule has 15 heavy (non-hydrogen) atoms. The Hall–Kier alpha value is -1.57. The second-order valence-corrected chi connectivity index (χ2v) is 3.48. The van der Waals surface area contributed by atoms with Crippen LogP contribution in [0.1, 0.15) is 34.8 Å². The van der Waals surface area contributed by atoms with Gasteiger partial charge in [0.05, 0.1) is 5.56 Å². The molecule has 0 aliphatic heterocycles. The molecule has 2 nitrogen and oxygen atoms in total. The second kappa shape index (κ2) is 5.35. The predicted octanol–water partition coefficient (Wildman–Crippen LogP) is 3.07. The first-order valence-electron chi connectivity index (χ1n) is 5.15. The maximum Gasteiger partial charge on any atom is 0.335 e. The molecule has 0 aromatic heterocycles. The van der Waals surface area contributed by atoms with Gasteiger partial charge < -0.3 is 5.11 Å². The van der Waals surface area contributed by atoms with Crippen molar-refractivity contribution in [3.8, 4) is 0 Å². The Kier molecular flexibility index (Phi) is 4.10. The number of hydrogen-bond acceptors (Lipinski definition) is 1. The number of hydrogen-bond donors (Lipinski definition) is 1. The maximum absolute atomic E-state index is 10.9. The second-order valence-electron chi connectivity index (χ2n) is 3.48. The lowest BCUT2D eigenvalue weighted by Crippen LogP contribution is -2.02. The Morgan fingerprint density at radius 1 is 1.53 bits per heavy atom. The van der Waals surface area contributed by atoms with Crippen LogP contribution >= 0.6 is 0 Å². The number of carboxylic acids is 1. The van der Waals surface area contributed by atoms with Crippen molar-refractivity contribution in [2.45, 2.75) is 26.2 Å². The van der Waals surface area contributed by atoms with E-state index in [0.29, 0.717) is 5.56 Å². The summed E-state index contributed by atoms with van der Waals surface area (Å²) in [6, 6.07) is 5.55. The van der Waals surface area contributed by atoms with Crippen LogP contribution in [0.4, 0.5) is 0 Å². The lowest BCUT2D eigenvalue weighted by atomic mass is 9.99. The van der Waals surface area contributed by atoms with Crippen LogP contribution < -0.4 is 0 Å². The highest BCUT2D eigenvalue weighted by atomic mass is 16.4. The molecule has 0 bridgehead atoms. The molecule has 1 rings (SSSR count). The highest BCUT2D eigenvalue weighted by Gasteiger charge is 2.08. The summed E-state index contributed by atoms with van der Waals surface area (Å²) in [6.45, 7) is 5.64. The van der Waals surface area contributed by atoms with Gasteiger partial charge in [0.15, 0.2) is 0 Å². The third-order valence-corrected chi connectivity index (χ3v) is 2.42. The lowest BCUT2D eigenvalue weighted by molar-refractivity contribution is 0.0695. The molecule has 0 aliphatic rings. The molecule has 1 aromatic rings. The van der Waals surface area contributed by atoms with E-state index >= 15 is 0 Å². The highest BCUT2D eigenvalue weighted by molar-refractivity contribution is 5.89. The lowest BCUT2D eigenvalue weighted by Gasteiger charge is -2.06. The number of carboxylic acid groups (broad SMARTS) is 1. The fourth-order valence-corrected chi connectivity index (χ4v) is 1.57. The zero-order valence-electron chi connectivity index (χ0n) is 8.99. The number of allylic oxidation sites excluding steroid dienone is 1. The van der Waals surface area contributed by atoms with Crippen molar-refractivity contribution < 1.29 is 9.90 Å². The summed E-state index contributed by atoms with van der Waals surface area (Å²) in [5, 5.41) is 8.95. The van der Waals surface area contributed by atoms with Gasteiger partial charge in [0, 0.05) is 0 Å². The Balaban J connectivity index is 2.96. The quantitative estimate of drug-likeness (QED) is 0.748. The molecule has 0 heterocycles. The molecule has 0 atom stereocenters. The molecule has 1 aromatic carbocycles. The van der Waals surface area contributed by atoms with Crippen molar-refractivity contribution in [2.75, 3.05) is 0 Å². The minimum Gasteiger partial charge on any atom is -0.478 e. The number of benzene rings is 1. The van der Waals surface area contributed by atoms with Gasteiger partial charge in [0.2, 0.25) is 0 Å². The van der Waals surface area contributed by atoms with Crippen LogP contribution in [0.5, 0.6) is 0 Å². The smallest absolute Gasteiger partial charge is 0.335 e. The van der Waals surface area contributed by atoms with E-state index in [4.69, 9.17) is 5.11 Å². The van der Waals surface area contributed by atoms with E-state index in [0.717, 1.165) is 24.8 Å². The number of aryl methyl sites for hydroxylation is 2. The summed E-state index contributed by atoms with van der Waals surface area (Å²) in [6.07, 6.45) is 4.48. The first kappa shape index (κ1) is 11.5. The average Bonchev–Trinajstić information content (AvgIpc) is 2.25. The van der Waals surface area contributed by atoms with Crippen LogP contribution in [0.3, 0.4) is 0 Å². The van der Waals surface area contributed by atoms with Gasteiger partial charge >= 0.3 is 5.97 Å². The van der Waals surface area contributed by atoms with Gasteiger partial charge in [-0.3, -0.25) is 0 Å². The van der Waals surface area contributed by atoms with Gasteiger partial charge in [0.1, 0.15) is 0 Å². The molecule has 0 radical (unpaired) electrons. The van der Waals surface area contributed by atoms with E-state index in [9.17, 15) is 4.79 Å². The number of rotatable bonds is 5. The van der Waals surface area contributed by atoms with Crippen LogP contribution in [-0.2, 0) is 12.8 Å². The Morgan fingerprint density at radius 2 is 2.27 bits per heavy atom. The van der Waals surface area contributed by atoms with E-state index in [1.54, 1.807) is 6.07 Å². The van der Waals surface area contributed by atoms with Crippen LogP contribution in [-0.4, -0.2) is 11.1 Å². The summed E-state index contributed by atoms with van der Waals surface area (Å²) < 4.78 is 0. The number of carbonyl (C=O) groups is 1. The van der Waals surface area contributed by atoms with Crippen molar-refractivity contribution in [1.82, 2.24) is 0 Å². The van der Waals surface area contributed by atoms with Crippen molar-refractivity contribution in [3.05, 3.63) is 47.5 Å². The van der Waals surface area contributed by atoms with Crippen LogP contribution in [0.15, 0.2) is 30.9 Å². The van der Waals surface area contributed by atoms with Gasteiger partial charge in [-0.1, -0.05) is 25.1 Å². The van der Waals surface area contributed by atoms with E-state index in [2.05, 4.69) is 6.58 Å². The molecular weight excluding hydrogens is 188 g/mol. The van der Waals surface area contributed by atoms with E-state index in [1.807, 2.05) is 25.1 Å². The first-order chi connectivity index (χ1) is 7.19. The molecule has 2 heteroatoms. The number of aromatic carboxylic acids is 1. The average molecular weight is 204 g/mol. The van der Waals surface area contributed by atoms with Crippen molar-refractivity contribution in [1.29, 1.82) is 0 Å². The molecule has 1 N–H and O–H groups in total. The van der Waals surface area contributed by atoms with E-state index < -0.39 is 5.97 Å². The molecule has 0 unspecified atom stereocenters. The fourth-order valence-electron chi connectivity index (χ4n) is 1.57. The predicted molar refractivity (Wildman–Crippen MR) is 61.3 cm³/mol. The van der Waals surface area contributed by atoms with Gasteiger partial charge in [0.25, 0.3) is 0 Å². The Bertz CT molecular complexity index is 367. The fraction of sp³-hybridized carbons (Fsp3) is 0.308. The van der Waals surface area contributed by atoms with Crippen molar-refractivity contribution in [2.24, 2.45) is 0 Å². The van der Waals surface area contributed by atoms with Crippen molar-refractivity contribution >= 4 is 5.97 Å². The first-order valence-corrected chi connectivity index (χ1v) is 5.15. The normalized spacial score (nSPS) is 9.93. The highest BCUT2D eigenvalue weighted by Crippen LogP contribution is 2.14. The molecular formula is C13H16O2. The summed E-state index contributed by atoms with van der Waals surface area (Å²) in [5.74, 6) is -0.845. The molecule has 0 aliphatic carbocycles. The summed E-state index contributed by atoms with van der Waals surface area (Å²) in [4.78, 5) is 10.9. The summed E-state index contributed by atoms with van der Waals surface area (Å²) in [7, 11) is 0. The minimum absolute atomic E-state index is 0.417. The van der Waals surface area contributed by atoms with Crippen LogP contribution in [0.25, 0.3) is 0 Å².